The van der Waals surface area contributed by atoms with Crippen molar-refractivity contribution >= 4 is 5.97 Å². The van der Waals surface area contributed by atoms with E-state index in [0.717, 1.165) is 36.0 Å². The van der Waals surface area contributed by atoms with Gasteiger partial charge in [-0.2, -0.15) is 0 Å². The molecule has 2 unspecified atom stereocenters. The molecule has 0 aromatic rings. The molecule has 4 aliphatic rings. The lowest BCUT2D eigenvalue weighted by molar-refractivity contribution is -0.484. The molecule has 1 saturated carbocycles. The smallest absolute Gasteiger partial charge is 0.333 e. The van der Waals surface area contributed by atoms with Crippen LogP contribution in [0.2, 0.25) is 0 Å². The van der Waals surface area contributed by atoms with Gasteiger partial charge in [-0.25, -0.2) is 14.6 Å². The van der Waals surface area contributed by atoms with Crippen molar-refractivity contribution in [2.45, 2.75) is 57.8 Å². The lowest BCUT2D eigenvalue weighted by atomic mass is 9.83. The Morgan fingerprint density at radius 3 is 2.83 bits per heavy atom. The Morgan fingerprint density at radius 1 is 1.33 bits per heavy atom. The van der Waals surface area contributed by atoms with Gasteiger partial charge in [-0.15, -0.1) is 0 Å². The minimum atomic E-state index is -0.742. The van der Waals surface area contributed by atoms with E-state index in [0.29, 0.717) is 37.5 Å². The van der Waals surface area contributed by atoms with Crippen molar-refractivity contribution in [3.8, 4) is 0 Å². The molecule has 0 aromatic carbocycles. The first-order chi connectivity index (χ1) is 14.5. The van der Waals surface area contributed by atoms with E-state index >= 15 is 0 Å². The number of ether oxygens (including phenoxy) is 2. The maximum atomic E-state index is 12.0. The summed E-state index contributed by atoms with van der Waals surface area (Å²) in [7, 11) is 0. The van der Waals surface area contributed by atoms with Gasteiger partial charge in [0, 0.05) is 24.3 Å². The molecular formula is C25H30O5. The monoisotopic (exact) mass is 410 g/mol. The van der Waals surface area contributed by atoms with Gasteiger partial charge in [0.25, 0.3) is 0 Å². The van der Waals surface area contributed by atoms with E-state index in [9.17, 15) is 4.79 Å². The fourth-order valence-electron chi connectivity index (χ4n) is 4.34. The van der Waals surface area contributed by atoms with Crippen molar-refractivity contribution in [2.75, 3.05) is 13.2 Å². The number of hydrogen-bond donors (Lipinski definition) is 0. The molecule has 5 heteroatoms. The Morgan fingerprint density at radius 2 is 2.13 bits per heavy atom. The molecule has 0 aromatic heterocycles. The normalized spacial score (nSPS) is 30.4. The van der Waals surface area contributed by atoms with Crippen LogP contribution in [-0.4, -0.2) is 31.1 Å². The molecule has 0 N–H and O–H groups in total. The first-order valence-corrected chi connectivity index (χ1v) is 10.8. The SMILES string of the molecule is C=C(C1=CC2=CC=CCC2C=C1)C1COC2(CCC(=C(C)C(=O)OCC)CC2)OO1. The first kappa shape index (κ1) is 21.0. The highest BCUT2D eigenvalue weighted by atomic mass is 17.2. The highest BCUT2D eigenvalue weighted by molar-refractivity contribution is 5.88. The van der Waals surface area contributed by atoms with Crippen LogP contribution in [0, 0.1) is 5.92 Å². The van der Waals surface area contributed by atoms with Crippen molar-refractivity contribution in [2.24, 2.45) is 5.92 Å². The van der Waals surface area contributed by atoms with Gasteiger partial charge in [-0.05, 0) is 49.8 Å². The zero-order valence-electron chi connectivity index (χ0n) is 17.8. The summed E-state index contributed by atoms with van der Waals surface area (Å²) in [5.74, 6) is -0.522. The van der Waals surface area contributed by atoms with E-state index in [1.807, 2.05) is 13.8 Å². The first-order valence-electron chi connectivity index (χ1n) is 10.8. The third kappa shape index (κ3) is 4.29. The number of carbonyl (C=O) groups excluding carboxylic acids is 1. The zero-order chi connectivity index (χ0) is 21.1. The highest BCUT2D eigenvalue weighted by Gasteiger charge is 2.43. The van der Waals surface area contributed by atoms with Crippen molar-refractivity contribution in [3.63, 3.8) is 0 Å². The Kier molecular flexibility index (Phi) is 6.23. The minimum Gasteiger partial charge on any atom is -0.463 e. The molecule has 1 heterocycles. The summed E-state index contributed by atoms with van der Waals surface area (Å²) in [5.41, 5.74) is 5.04. The van der Waals surface area contributed by atoms with E-state index < -0.39 is 5.79 Å². The molecule has 2 atom stereocenters. The predicted molar refractivity (Wildman–Crippen MR) is 114 cm³/mol. The van der Waals surface area contributed by atoms with Gasteiger partial charge in [0.05, 0.1) is 13.2 Å². The lowest BCUT2D eigenvalue weighted by Crippen LogP contribution is -2.47. The third-order valence-electron chi connectivity index (χ3n) is 6.37. The summed E-state index contributed by atoms with van der Waals surface area (Å²) in [6.45, 7) is 8.68. The number of allylic oxidation sites excluding steroid dienone is 8. The zero-order valence-corrected chi connectivity index (χ0v) is 17.8. The van der Waals surface area contributed by atoms with Gasteiger partial charge in [0.15, 0.2) is 0 Å². The summed E-state index contributed by atoms with van der Waals surface area (Å²) in [4.78, 5) is 23.5. The quantitative estimate of drug-likeness (QED) is 0.369. The van der Waals surface area contributed by atoms with Gasteiger partial charge in [-0.1, -0.05) is 48.6 Å². The van der Waals surface area contributed by atoms with Crippen LogP contribution >= 0.6 is 0 Å². The van der Waals surface area contributed by atoms with Crippen molar-refractivity contribution in [1.82, 2.24) is 0 Å². The van der Waals surface area contributed by atoms with Crippen LogP contribution in [0.4, 0.5) is 0 Å². The third-order valence-corrected chi connectivity index (χ3v) is 6.37. The lowest BCUT2D eigenvalue weighted by Gasteiger charge is -2.42. The number of carbonyl (C=O) groups is 1. The summed E-state index contributed by atoms with van der Waals surface area (Å²) in [5, 5.41) is 0. The highest BCUT2D eigenvalue weighted by Crippen LogP contribution is 2.41. The molecule has 160 valence electrons. The average molecular weight is 411 g/mol. The second kappa shape index (κ2) is 8.88. The predicted octanol–water partition coefficient (Wildman–Crippen LogP) is 5.04. The molecule has 1 spiro atoms. The van der Waals surface area contributed by atoms with E-state index in [-0.39, 0.29) is 12.1 Å². The molecular weight excluding hydrogens is 380 g/mol. The molecule has 0 bridgehead atoms. The summed E-state index contributed by atoms with van der Waals surface area (Å²) < 4.78 is 11.3. The Balaban J connectivity index is 1.34. The van der Waals surface area contributed by atoms with Gasteiger partial charge < -0.3 is 9.47 Å². The molecule has 0 radical (unpaired) electrons. The minimum absolute atomic E-state index is 0.235. The molecule has 0 amide bonds. The van der Waals surface area contributed by atoms with Crippen molar-refractivity contribution in [3.05, 3.63) is 70.9 Å². The Labute approximate surface area is 178 Å². The standard InChI is InChI=1S/C25H30O5/c1-4-27-24(26)18(3)19-11-13-25(14-12-19)28-16-23(29-30-25)17(2)21-10-9-20-7-5-6-8-22(20)15-21/h5-6,8-10,15,20,23H,2,4,7,11-14,16H2,1,3H3. The fraction of sp³-hybridized carbons (Fsp3) is 0.480. The summed E-state index contributed by atoms with van der Waals surface area (Å²) in [6, 6.07) is 0. The fourth-order valence-corrected chi connectivity index (χ4v) is 4.34. The second-order valence-electron chi connectivity index (χ2n) is 8.26. The molecule has 4 rings (SSSR count). The van der Waals surface area contributed by atoms with Gasteiger partial charge in [0.2, 0.25) is 5.79 Å². The van der Waals surface area contributed by atoms with Crippen LogP contribution in [0.15, 0.2) is 70.9 Å². The average Bonchev–Trinajstić information content (AvgIpc) is 2.79. The van der Waals surface area contributed by atoms with Crippen LogP contribution in [0.5, 0.6) is 0 Å². The molecule has 1 aliphatic heterocycles. The van der Waals surface area contributed by atoms with Gasteiger partial charge in [0.1, 0.15) is 6.10 Å². The van der Waals surface area contributed by atoms with Gasteiger partial charge in [-0.3, -0.25) is 0 Å². The van der Waals surface area contributed by atoms with Crippen LogP contribution < -0.4 is 0 Å². The van der Waals surface area contributed by atoms with E-state index in [2.05, 4.69) is 43.0 Å². The second-order valence-corrected chi connectivity index (χ2v) is 8.26. The number of esters is 1. The maximum absolute atomic E-state index is 12.0. The van der Waals surface area contributed by atoms with Crippen LogP contribution in [0.25, 0.3) is 0 Å². The van der Waals surface area contributed by atoms with Crippen LogP contribution in [-0.2, 0) is 24.0 Å². The number of fused-ring (bicyclic) bond motifs is 1. The molecule has 5 nitrogen and oxygen atoms in total. The van der Waals surface area contributed by atoms with Crippen LogP contribution in [0.1, 0.15) is 46.0 Å². The molecule has 3 aliphatic carbocycles. The van der Waals surface area contributed by atoms with Gasteiger partial charge >= 0.3 is 5.97 Å². The maximum Gasteiger partial charge on any atom is 0.333 e. The van der Waals surface area contributed by atoms with E-state index in [4.69, 9.17) is 19.2 Å². The Hall–Kier alpha value is -2.21. The largest absolute Gasteiger partial charge is 0.463 e. The molecule has 1 saturated heterocycles. The number of hydrogen-bond acceptors (Lipinski definition) is 5. The van der Waals surface area contributed by atoms with Crippen molar-refractivity contribution in [1.29, 1.82) is 0 Å². The number of rotatable bonds is 4. The molecule has 2 fully saturated rings. The summed E-state index contributed by atoms with van der Waals surface area (Å²) in [6.07, 6.45) is 16.5. The Bertz CT molecular complexity index is 850. The molecule has 30 heavy (non-hydrogen) atoms. The van der Waals surface area contributed by atoms with E-state index in [1.54, 1.807) is 0 Å². The van der Waals surface area contributed by atoms with E-state index in [1.165, 1.54) is 5.57 Å². The van der Waals surface area contributed by atoms with Crippen LogP contribution in [0.3, 0.4) is 0 Å². The topological polar surface area (TPSA) is 54.0 Å². The summed E-state index contributed by atoms with van der Waals surface area (Å²) >= 11 is 0. The van der Waals surface area contributed by atoms with Crippen molar-refractivity contribution < 1.29 is 24.0 Å².